The monoisotopic (exact) mass is 1040 g/mol. The molecular formula is C59H113NO11S. The quantitative estimate of drug-likeness (QED) is 0.0193. The molecule has 6 N–H and O–H groups in total. The van der Waals surface area contributed by atoms with Crippen LogP contribution in [0.5, 0.6) is 0 Å². The van der Waals surface area contributed by atoms with E-state index < -0.39 is 59.9 Å². The molecule has 13 heteroatoms. The van der Waals surface area contributed by atoms with Crippen molar-refractivity contribution in [2.75, 3.05) is 13.2 Å². The Morgan fingerprint density at radius 1 is 0.556 bits per heavy atom. The van der Waals surface area contributed by atoms with Gasteiger partial charge < -0.3 is 35.2 Å². The highest BCUT2D eigenvalue weighted by atomic mass is 32.3. The molecule has 7 unspecified atom stereocenters. The minimum atomic E-state index is -5.08. The lowest BCUT2D eigenvalue weighted by molar-refractivity contribution is -0.298. The molecule has 1 aliphatic rings. The number of nitrogens with one attached hydrogen (secondary N) is 1. The maximum atomic E-state index is 13.2. The zero-order valence-corrected chi connectivity index (χ0v) is 47.1. The standard InChI is InChI=1S/C59H113NO11S/c1-3-5-7-9-11-13-15-17-19-21-23-25-27-29-31-33-35-37-39-41-43-45-47-49-55(63)60-52(51-69-59-57(65)58(71-72(66,67)68)56(64)54(50-61)70-59)53(62)48-46-44-42-40-38-36-34-32-30-28-26-24-22-20-18-16-14-12-10-8-6-4-2/h23,25,29,31,52-54,56-59,61-62,64-65H,3-22,24,26-28,30,32-51H2,1-2H3,(H,60,63)(H,66,67,68)/b25-23-,31-29-. The van der Waals surface area contributed by atoms with Gasteiger partial charge in [0.1, 0.15) is 24.4 Å². The number of carbonyl (C=O) groups is 1. The molecule has 1 aliphatic heterocycles. The van der Waals surface area contributed by atoms with E-state index >= 15 is 0 Å². The first-order valence-electron chi connectivity index (χ1n) is 30.2. The van der Waals surface area contributed by atoms with Gasteiger partial charge in [-0.15, -0.1) is 0 Å². The van der Waals surface area contributed by atoms with Gasteiger partial charge in [-0.2, -0.15) is 8.42 Å². The Bertz CT molecular complexity index is 1370. The molecule has 0 saturated carbocycles. The van der Waals surface area contributed by atoms with E-state index in [9.17, 15) is 38.2 Å². The number of hydrogen-bond acceptors (Lipinski definition) is 10. The Hall–Kier alpha value is -1.42. The Balaban J connectivity index is 2.35. The fraction of sp³-hybridized carbons (Fsp3) is 0.915. The van der Waals surface area contributed by atoms with E-state index in [0.29, 0.717) is 12.8 Å². The third-order valence-electron chi connectivity index (χ3n) is 14.5. The van der Waals surface area contributed by atoms with Gasteiger partial charge in [-0.3, -0.25) is 9.35 Å². The summed E-state index contributed by atoms with van der Waals surface area (Å²) in [5, 5.41) is 45.2. The highest BCUT2D eigenvalue weighted by Crippen LogP contribution is 2.26. The van der Waals surface area contributed by atoms with E-state index in [1.165, 1.54) is 199 Å². The summed E-state index contributed by atoms with van der Waals surface area (Å²) in [7, 11) is -5.08. The predicted molar refractivity (Wildman–Crippen MR) is 296 cm³/mol. The van der Waals surface area contributed by atoms with Crippen molar-refractivity contribution < 1.29 is 51.8 Å². The van der Waals surface area contributed by atoms with E-state index in [1.807, 2.05) is 0 Å². The van der Waals surface area contributed by atoms with Crippen LogP contribution >= 0.6 is 0 Å². The first-order valence-corrected chi connectivity index (χ1v) is 31.6. The van der Waals surface area contributed by atoms with Crippen molar-refractivity contribution in [3.63, 3.8) is 0 Å². The normalized spacial score (nSPS) is 19.5. The highest BCUT2D eigenvalue weighted by molar-refractivity contribution is 7.80. The molecule has 1 saturated heterocycles. The smallest absolute Gasteiger partial charge is 0.394 e. The number of amides is 1. The van der Waals surface area contributed by atoms with Crippen LogP contribution in [0.2, 0.25) is 0 Å². The Morgan fingerprint density at radius 3 is 1.32 bits per heavy atom. The second kappa shape index (κ2) is 49.2. The zero-order chi connectivity index (χ0) is 52.6. The molecule has 7 atom stereocenters. The number of aliphatic hydroxyl groups is 4. The van der Waals surface area contributed by atoms with Crippen LogP contribution in [-0.4, -0.2) is 95.4 Å². The number of allylic oxidation sites excluding steroid dienone is 4. The third kappa shape index (κ3) is 40.8. The van der Waals surface area contributed by atoms with Crippen LogP contribution in [-0.2, 0) is 28.9 Å². The fourth-order valence-corrected chi connectivity index (χ4v) is 10.4. The first kappa shape index (κ1) is 68.6. The molecule has 12 nitrogen and oxygen atoms in total. The molecule has 0 aliphatic carbocycles. The third-order valence-corrected chi connectivity index (χ3v) is 15.0. The van der Waals surface area contributed by atoms with E-state index in [4.69, 9.17) is 9.47 Å². The lowest BCUT2D eigenvalue weighted by atomic mass is 9.99. The molecular weight excluding hydrogens is 931 g/mol. The summed E-state index contributed by atoms with van der Waals surface area (Å²) < 4.78 is 48.0. The van der Waals surface area contributed by atoms with Crippen molar-refractivity contribution in [3.8, 4) is 0 Å². The van der Waals surface area contributed by atoms with Gasteiger partial charge >= 0.3 is 10.4 Å². The van der Waals surface area contributed by atoms with Crippen molar-refractivity contribution in [3.05, 3.63) is 24.3 Å². The molecule has 426 valence electrons. The molecule has 1 amide bonds. The Labute approximate surface area is 442 Å². The topological polar surface area (TPSA) is 192 Å². The zero-order valence-electron chi connectivity index (χ0n) is 46.3. The number of ether oxygens (including phenoxy) is 2. The summed E-state index contributed by atoms with van der Waals surface area (Å²) in [6.45, 7) is 3.49. The molecule has 0 aromatic rings. The van der Waals surface area contributed by atoms with Gasteiger partial charge in [-0.05, 0) is 44.9 Å². The number of aliphatic hydroxyl groups excluding tert-OH is 4. The van der Waals surface area contributed by atoms with Crippen LogP contribution in [0.25, 0.3) is 0 Å². The fourth-order valence-electron chi connectivity index (χ4n) is 9.85. The van der Waals surface area contributed by atoms with Crippen molar-refractivity contribution in [2.24, 2.45) is 0 Å². The molecule has 0 bridgehead atoms. The van der Waals surface area contributed by atoms with Crippen LogP contribution in [0.1, 0.15) is 290 Å². The van der Waals surface area contributed by atoms with E-state index in [2.05, 4.69) is 47.7 Å². The summed E-state index contributed by atoms with van der Waals surface area (Å²) >= 11 is 0. The van der Waals surface area contributed by atoms with Crippen molar-refractivity contribution >= 4 is 16.3 Å². The van der Waals surface area contributed by atoms with Crippen LogP contribution in [0, 0.1) is 0 Å². The number of carbonyl (C=O) groups excluding carboxylic acids is 1. The molecule has 1 heterocycles. The Kier molecular flexibility index (Phi) is 46.8. The van der Waals surface area contributed by atoms with E-state index in [1.54, 1.807) is 0 Å². The van der Waals surface area contributed by atoms with Crippen LogP contribution < -0.4 is 5.32 Å². The summed E-state index contributed by atoms with van der Waals surface area (Å²) in [6, 6.07) is -0.863. The molecule has 0 aromatic heterocycles. The van der Waals surface area contributed by atoms with Gasteiger partial charge in [-0.25, -0.2) is 4.18 Å². The molecule has 0 spiro atoms. The van der Waals surface area contributed by atoms with E-state index in [-0.39, 0.29) is 18.9 Å². The molecule has 72 heavy (non-hydrogen) atoms. The lowest BCUT2D eigenvalue weighted by Gasteiger charge is -2.41. The molecule has 0 aromatic carbocycles. The van der Waals surface area contributed by atoms with Crippen LogP contribution in [0.15, 0.2) is 24.3 Å². The van der Waals surface area contributed by atoms with Gasteiger partial charge in [0, 0.05) is 6.42 Å². The van der Waals surface area contributed by atoms with Crippen LogP contribution in [0.3, 0.4) is 0 Å². The average molecular weight is 1040 g/mol. The summed E-state index contributed by atoms with van der Waals surface area (Å²) in [5.74, 6) is -0.233. The van der Waals surface area contributed by atoms with E-state index in [0.717, 1.165) is 57.8 Å². The van der Waals surface area contributed by atoms with Crippen molar-refractivity contribution in [2.45, 2.75) is 333 Å². The maximum absolute atomic E-state index is 13.2. The Morgan fingerprint density at radius 2 is 0.931 bits per heavy atom. The number of unbranched alkanes of at least 4 members (excludes halogenated alkanes) is 37. The van der Waals surface area contributed by atoms with Gasteiger partial charge in [0.05, 0.1) is 25.4 Å². The minimum Gasteiger partial charge on any atom is -0.394 e. The molecule has 0 radical (unpaired) electrons. The van der Waals surface area contributed by atoms with Gasteiger partial charge in [0.15, 0.2) is 6.29 Å². The summed E-state index contributed by atoms with van der Waals surface area (Å²) in [6.07, 6.45) is 51.8. The first-order chi connectivity index (χ1) is 35.0. The largest absolute Gasteiger partial charge is 0.397 e. The van der Waals surface area contributed by atoms with Crippen molar-refractivity contribution in [1.29, 1.82) is 0 Å². The average Bonchev–Trinajstić information content (AvgIpc) is 3.36. The van der Waals surface area contributed by atoms with Gasteiger partial charge in [-0.1, -0.05) is 263 Å². The molecule has 1 rings (SSSR count). The number of hydrogen-bond donors (Lipinski definition) is 6. The maximum Gasteiger partial charge on any atom is 0.397 e. The second-order valence-corrected chi connectivity index (χ2v) is 22.3. The van der Waals surface area contributed by atoms with Gasteiger partial charge in [0.25, 0.3) is 0 Å². The number of rotatable bonds is 53. The second-order valence-electron chi connectivity index (χ2n) is 21.3. The van der Waals surface area contributed by atoms with Crippen LogP contribution in [0.4, 0.5) is 0 Å². The minimum absolute atomic E-state index is 0.233. The highest BCUT2D eigenvalue weighted by Gasteiger charge is 2.48. The lowest BCUT2D eigenvalue weighted by Crippen LogP contribution is -2.61. The molecule has 1 fully saturated rings. The summed E-state index contributed by atoms with van der Waals surface area (Å²) in [4.78, 5) is 13.2. The van der Waals surface area contributed by atoms with Crippen molar-refractivity contribution in [1.82, 2.24) is 5.32 Å². The summed E-state index contributed by atoms with van der Waals surface area (Å²) in [5.41, 5.74) is 0. The van der Waals surface area contributed by atoms with Gasteiger partial charge in [0.2, 0.25) is 5.91 Å². The SMILES string of the molecule is CCCCCCCCCCC/C=C\C/C=C\CCCCCCCCCC(=O)NC(COC1OC(CO)C(O)C(OS(=O)(=O)O)C1O)C(O)CCCCCCCCCCCCCCCCCCCCCCCC. The predicted octanol–water partition coefficient (Wildman–Crippen LogP) is 14.4.